The minimum atomic E-state index is -3.81. The number of nitrogens with zero attached hydrogens (tertiary/aromatic N) is 1. The molecule has 0 bridgehead atoms. The average Bonchev–Trinajstić information content (AvgIpc) is 2.70. The van der Waals surface area contributed by atoms with Gasteiger partial charge in [0.2, 0.25) is 0 Å². The Bertz CT molecular complexity index is 1150. The summed E-state index contributed by atoms with van der Waals surface area (Å²) in [5.74, 6) is -0.962. The number of hydrogen-bond donors (Lipinski definition) is 1. The van der Waals surface area contributed by atoms with E-state index in [9.17, 15) is 17.6 Å². The van der Waals surface area contributed by atoms with Gasteiger partial charge in [-0.2, -0.15) is 0 Å². The number of nitrogens with one attached hydrogen (secondary N) is 1. The second-order valence-electron chi connectivity index (χ2n) is 6.41. The fraction of sp³-hybridized carbons (Fsp3) is 0.0952. The van der Waals surface area contributed by atoms with Gasteiger partial charge in [0.15, 0.2) is 0 Å². The Balaban J connectivity index is 1.90. The number of sulfonamides is 1. The van der Waals surface area contributed by atoms with Crippen molar-refractivity contribution in [1.29, 1.82) is 0 Å². The highest BCUT2D eigenvalue weighted by Gasteiger charge is 2.23. The quantitative estimate of drug-likeness (QED) is 0.625. The van der Waals surface area contributed by atoms with E-state index in [1.54, 1.807) is 12.1 Å². The van der Waals surface area contributed by atoms with Gasteiger partial charge < -0.3 is 5.32 Å². The summed E-state index contributed by atoms with van der Waals surface area (Å²) in [4.78, 5) is 12.7. The van der Waals surface area contributed by atoms with Crippen LogP contribution in [0.4, 0.5) is 15.8 Å². The fourth-order valence-corrected chi connectivity index (χ4v) is 4.01. The fourth-order valence-electron chi connectivity index (χ4n) is 2.62. The first-order valence-electron chi connectivity index (χ1n) is 8.60. The van der Waals surface area contributed by atoms with E-state index in [0.717, 1.165) is 9.87 Å². The van der Waals surface area contributed by atoms with Gasteiger partial charge in [0.1, 0.15) is 5.82 Å². The number of aryl methyl sites for hydroxylation is 1. The van der Waals surface area contributed by atoms with Crippen LogP contribution in [0.5, 0.6) is 0 Å². The molecular formula is C21H18ClFN2O3S. The van der Waals surface area contributed by atoms with Gasteiger partial charge >= 0.3 is 0 Å². The zero-order valence-electron chi connectivity index (χ0n) is 15.7. The normalized spacial score (nSPS) is 11.2. The van der Waals surface area contributed by atoms with Crippen molar-refractivity contribution < 1.29 is 17.6 Å². The highest BCUT2D eigenvalue weighted by Crippen LogP contribution is 2.27. The summed E-state index contributed by atoms with van der Waals surface area (Å²) in [5, 5.41) is 2.77. The maximum absolute atomic E-state index is 13.0. The van der Waals surface area contributed by atoms with Gasteiger partial charge in [-0.05, 0) is 61.5 Å². The Morgan fingerprint density at radius 1 is 1.00 bits per heavy atom. The van der Waals surface area contributed by atoms with Gasteiger partial charge in [0, 0.05) is 12.7 Å². The number of carbonyl (C=O) groups excluding carboxylic acids is 1. The summed E-state index contributed by atoms with van der Waals surface area (Å²) in [5.41, 5.74) is 1.70. The van der Waals surface area contributed by atoms with Gasteiger partial charge in [-0.15, -0.1) is 0 Å². The summed E-state index contributed by atoms with van der Waals surface area (Å²) < 4.78 is 39.9. The van der Waals surface area contributed by atoms with Crippen LogP contribution < -0.4 is 9.62 Å². The second kappa shape index (κ2) is 8.23. The summed E-state index contributed by atoms with van der Waals surface area (Å²) in [6.07, 6.45) is 0. The highest BCUT2D eigenvalue weighted by molar-refractivity contribution is 7.92. The monoisotopic (exact) mass is 432 g/mol. The number of anilines is 2. The highest BCUT2D eigenvalue weighted by atomic mass is 35.5. The maximum atomic E-state index is 13.0. The SMILES string of the molecule is Cc1ccc(S(=O)(=O)N(C)c2ccc(Cl)c(C(=O)Nc3ccc(F)cc3)c2)cc1. The molecule has 0 atom stereocenters. The van der Waals surface area contributed by atoms with Crippen molar-refractivity contribution in [2.24, 2.45) is 0 Å². The summed E-state index contributed by atoms with van der Waals surface area (Å²) in [6, 6.07) is 16.1. The van der Waals surface area contributed by atoms with Crippen LogP contribution in [-0.2, 0) is 10.0 Å². The van der Waals surface area contributed by atoms with Crippen molar-refractivity contribution in [3.8, 4) is 0 Å². The number of benzene rings is 3. The van der Waals surface area contributed by atoms with Gasteiger partial charge in [-0.3, -0.25) is 9.10 Å². The summed E-state index contributed by atoms with van der Waals surface area (Å²) >= 11 is 6.15. The topological polar surface area (TPSA) is 66.5 Å². The molecule has 0 unspecified atom stereocenters. The third-order valence-corrected chi connectivity index (χ3v) is 6.47. The molecule has 0 aliphatic carbocycles. The van der Waals surface area contributed by atoms with Crippen molar-refractivity contribution in [2.75, 3.05) is 16.7 Å². The molecule has 0 aliphatic heterocycles. The molecule has 1 N–H and O–H groups in total. The number of carbonyl (C=O) groups is 1. The number of rotatable bonds is 5. The van der Waals surface area contributed by atoms with Gasteiger partial charge in [0.05, 0.1) is 21.2 Å². The number of hydrogen-bond acceptors (Lipinski definition) is 3. The van der Waals surface area contributed by atoms with Gasteiger partial charge in [-0.1, -0.05) is 29.3 Å². The van der Waals surface area contributed by atoms with Crippen molar-refractivity contribution in [1.82, 2.24) is 0 Å². The van der Waals surface area contributed by atoms with Gasteiger partial charge in [0.25, 0.3) is 15.9 Å². The smallest absolute Gasteiger partial charge is 0.264 e. The van der Waals surface area contributed by atoms with E-state index in [1.807, 2.05) is 6.92 Å². The van der Waals surface area contributed by atoms with Crippen LogP contribution in [0.15, 0.2) is 71.6 Å². The van der Waals surface area contributed by atoms with Crippen LogP contribution in [0, 0.1) is 12.7 Å². The van der Waals surface area contributed by atoms with Crippen molar-refractivity contribution in [2.45, 2.75) is 11.8 Å². The molecule has 0 aliphatic rings. The van der Waals surface area contributed by atoms with Crippen LogP contribution in [0.3, 0.4) is 0 Å². The molecule has 0 heterocycles. The Morgan fingerprint density at radius 3 is 2.24 bits per heavy atom. The first-order chi connectivity index (χ1) is 13.7. The standard InChI is InChI=1S/C21H18ClFN2O3S/c1-14-3-10-18(11-4-14)29(27,28)25(2)17-9-12-20(22)19(13-17)21(26)24-16-7-5-15(23)6-8-16/h3-13H,1-2H3,(H,24,26). The average molecular weight is 433 g/mol. The van der Waals surface area contributed by atoms with E-state index < -0.39 is 21.7 Å². The predicted octanol–water partition coefficient (Wildman–Crippen LogP) is 4.86. The van der Waals surface area contributed by atoms with Crippen LogP contribution in [-0.4, -0.2) is 21.4 Å². The third-order valence-electron chi connectivity index (χ3n) is 4.34. The van der Waals surface area contributed by atoms with Crippen molar-refractivity contribution in [3.63, 3.8) is 0 Å². The molecule has 0 fully saturated rings. The Hall–Kier alpha value is -2.90. The molecular weight excluding hydrogens is 415 g/mol. The molecule has 0 aromatic heterocycles. The first-order valence-corrected chi connectivity index (χ1v) is 10.4. The zero-order valence-corrected chi connectivity index (χ0v) is 17.3. The van der Waals surface area contributed by atoms with Crippen LogP contribution >= 0.6 is 11.6 Å². The molecule has 3 aromatic rings. The molecule has 0 radical (unpaired) electrons. The lowest BCUT2D eigenvalue weighted by Crippen LogP contribution is -2.27. The number of halogens is 2. The molecule has 3 aromatic carbocycles. The maximum Gasteiger partial charge on any atom is 0.264 e. The van der Waals surface area contributed by atoms with E-state index in [1.165, 1.54) is 61.6 Å². The van der Waals surface area contributed by atoms with E-state index in [-0.39, 0.29) is 21.2 Å². The summed E-state index contributed by atoms with van der Waals surface area (Å²) in [7, 11) is -2.41. The number of amides is 1. The van der Waals surface area contributed by atoms with Gasteiger partial charge in [-0.25, -0.2) is 12.8 Å². The third kappa shape index (κ3) is 4.58. The molecule has 0 saturated carbocycles. The Morgan fingerprint density at radius 2 is 1.62 bits per heavy atom. The molecule has 0 saturated heterocycles. The van der Waals surface area contributed by atoms with Crippen LogP contribution in [0.1, 0.15) is 15.9 Å². The van der Waals surface area contributed by atoms with Crippen LogP contribution in [0.25, 0.3) is 0 Å². The second-order valence-corrected chi connectivity index (χ2v) is 8.79. The van der Waals surface area contributed by atoms with Crippen LogP contribution in [0.2, 0.25) is 5.02 Å². The zero-order chi connectivity index (χ0) is 21.2. The summed E-state index contributed by atoms with van der Waals surface area (Å²) in [6.45, 7) is 1.87. The van der Waals surface area contributed by atoms with E-state index in [4.69, 9.17) is 11.6 Å². The van der Waals surface area contributed by atoms with Crippen molar-refractivity contribution >= 4 is 38.9 Å². The first kappa shape index (κ1) is 20.8. The molecule has 29 heavy (non-hydrogen) atoms. The molecule has 1 amide bonds. The Labute approximate surface area is 173 Å². The van der Waals surface area contributed by atoms with Crippen molar-refractivity contribution in [3.05, 3.63) is 88.7 Å². The lowest BCUT2D eigenvalue weighted by molar-refractivity contribution is 0.102. The molecule has 150 valence electrons. The molecule has 8 heteroatoms. The minimum absolute atomic E-state index is 0.0967. The minimum Gasteiger partial charge on any atom is -0.322 e. The predicted molar refractivity (Wildman–Crippen MR) is 113 cm³/mol. The largest absolute Gasteiger partial charge is 0.322 e. The lowest BCUT2D eigenvalue weighted by Gasteiger charge is -2.20. The van der Waals surface area contributed by atoms with E-state index in [0.29, 0.717) is 5.69 Å². The molecule has 3 rings (SSSR count). The molecule has 0 spiro atoms. The molecule has 5 nitrogen and oxygen atoms in total. The van der Waals surface area contributed by atoms with E-state index >= 15 is 0 Å². The lowest BCUT2D eigenvalue weighted by atomic mass is 10.1. The van der Waals surface area contributed by atoms with E-state index in [2.05, 4.69) is 5.32 Å². The Kier molecular flexibility index (Phi) is 5.91.